The van der Waals surface area contributed by atoms with Gasteiger partial charge in [-0.2, -0.15) is 0 Å². The fourth-order valence-corrected chi connectivity index (χ4v) is 2.97. The van der Waals surface area contributed by atoms with Crippen LogP contribution in [0, 0.1) is 0 Å². The first-order valence-corrected chi connectivity index (χ1v) is 9.65. The van der Waals surface area contributed by atoms with Crippen LogP contribution in [0.25, 0.3) is 0 Å². The Hall–Kier alpha value is -1.83. The van der Waals surface area contributed by atoms with Crippen molar-refractivity contribution in [2.24, 2.45) is 0 Å². The van der Waals surface area contributed by atoms with Crippen molar-refractivity contribution in [3.05, 3.63) is 53.1 Å². The second kappa shape index (κ2) is 7.83. The zero-order valence-corrected chi connectivity index (χ0v) is 15.6. The SMILES string of the molecule is COc1ccc(Cl)cc1NC(=S)NCc1ccc(S(C)(=O)=O)cc1. The summed E-state index contributed by atoms with van der Waals surface area (Å²) >= 11 is 11.2. The summed E-state index contributed by atoms with van der Waals surface area (Å²) in [5.74, 6) is 0.626. The molecule has 0 aromatic heterocycles. The van der Waals surface area contributed by atoms with E-state index in [9.17, 15) is 8.42 Å². The second-order valence-corrected chi connectivity index (χ2v) is 7.93. The lowest BCUT2D eigenvalue weighted by atomic mass is 10.2. The van der Waals surface area contributed by atoms with E-state index < -0.39 is 9.84 Å². The number of halogens is 1. The quantitative estimate of drug-likeness (QED) is 0.771. The number of ether oxygens (including phenoxy) is 1. The van der Waals surface area contributed by atoms with Crippen LogP contribution in [0.4, 0.5) is 5.69 Å². The minimum atomic E-state index is -3.19. The lowest BCUT2D eigenvalue weighted by Gasteiger charge is -2.14. The number of benzene rings is 2. The Morgan fingerprint density at radius 3 is 2.46 bits per heavy atom. The van der Waals surface area contributed by atoms with Crippen LogP contribution in [0.3, 0.4) is 0 Å². The number of anilines is 1. The minimum Gasteiger partial charge on any atom is -0.495 e. The Labute approximate surface area is 151 Å². The highest BCUT2D eigenvalue weighted by molar-refractivity contribution is 7.90. The topological polar surface area (TPSA) is 67.4 Å². The summed E-state index contributed by atoms with van der Waals surface area (Å²) < 4.78 is 28.1. The predicted octanol–water partition coefficient (Wildman–Crippen LogP) is 3.24. The molecule has 0 aliphatic carbocycles. The molecule has 0 aliphatic rings. The summed E-state index contributed by atoms with van der Waals surface area (Å²) in [4.78, 5) is 0.288. The van der Waals surface area contributed by atoms with E-state index in [1.54, 1.807) is 49.6 Å². The number of sulfone groups is 1. The van der Waals surface area contributed by atoms with E-state index in [0.717, 1.165) is 5.56 Å². The lowest BCUT2D eigenvalue weighted by molar-refractivity contribution is 0.417. The van der Waals surface area contributed by atoms with E-state index in [1.807, 2.05) is 0 Å². The second-order valence-electron chi connectivity index (χ2n) is 5.07. The van der Waals surface area contributed by atoms with Crippen molar-refractivity contribution < 1.29 is 13.2 Å². The maximum Gasteiger partial charge on any atom is 0.175 e. The summed E-state index contributed by atoms with van der Waals surface area (Å²) in [6, 6.07) is 11.8. The van der Waals surface area contributed by atoms with Crippen LogP contribution < -0.4 is 15.4 Å². The zero-order chi connectivity index (χ0) is 17.7. The van der Waals surface area contributed by atoms with Gasteiger partial charge < -0.3 is 15.4 Å². The molecule has 24 heavy (non-hydrogen) atoms. The van der Waals surface area contributed by atoms with Gasteiger partial charge in [-0.1, -0.05) is 23.7 Å². The van der Waals surface area contributed by atoms with Crippen molar-refractivity contribution >= 4 is 44.5 Å². The lowest BCUT2D eigenvalue weighted by Crippen LogP contribution is -2.28. The van der Waals surface area contributed by atoms with Gasteiger partial charge in [-0.15, -0.1) is 0 Å². The highest BCUT2D eigenvalue weighted by atomic mass is 35.5. The van der Waals surface area contributed by atoms with Crippen LogP contribution in [0.1, 0.15) is 5.56 Å². The first-order chi connectivity index (χ1) is 11.3. The van der Waals surface area contributed by atoms with Crippen molar-refractivity contribution in [1.29, 1.82) is 0 Å². The van der Waals surface area contributed by atoms with Crippen molar-refractivity contribution in [3.8, 4) is 5.75 Å². The normalized spacial score (nSPS) is 11.0. The standard InChI is InChI=1S/C16H17ClN2O3S2/c1-22-15-8-5-12(17)9-14(15)19-16(23)18-10-11-3-6-13(7-4-11)24(2,20)21/h3-9H,10H2,1-2H3,(H2,18,19,23). The van der Waals surface area contributed by atoms with Crippen molar-refractivity contribution in [2.45, 2.75) is 11.4 Å². The van der Waals surface area contributed by atoms with Gasteiger partial charge in [-0.3, -0.25) is 0 Å². The van der Waals surface area contributed by atoms with Crippen molar-refractivity contribution in [3.63, 3.8) is 0 Å². The molecule has 2 aromatic carbocycles. The number of methoxy groups -OCH3 is 1. The summed E-state index contributed by atoms with van der Waals surface area (Å²) in [6.45, 7) is 0.457. The molecular formula is C16H17ClN2O3S2. The maximum absolute atomic E-state index is 11.4. The predicted molar refractivity (Wildman–Crippen MR) is 101 cm³/mol. The molecule has 5 nitrogen and oxygen atoms in total. The molecule has 0 aliphatic heterocycles. The van der Waals surface area contributed by atoms with E-state index in [-0.39, 0.29) is 4.90 Å². The van der Waals surface area contributed by atoms with Gasteiger partial charge >= 0.3 is 0 Å². The number of hydrogen-bond acceptors (Lipinski definition) is 4. The Morgan fingerprint density at radius 2 is 1.88 bits per heavy atom. The van der Waals surface area contributed by atoms with Gasteiger partial charge in [0.1, 0.15) is 5.75 Å². The zero-order valence-electron chi connectivity index (χ0n) is 13.2. The Morgan fingerprint density at radius 1 is 1.21 bits per heavy atom. The number of rotatable bonds is 5. The maximum atomic E-state index is 11.4. The molecule has 2 aromatic rings. The average molecular weight is 385 g/mol. The summed E-state index contributed by atoms with van der Waals surface area (Å²) in [5, 5.41) is 7.04. The third kappa shape index (κ3) is 5.09. The first-order valence-electron chi connectivity index (χ1n) is 6.97. The van der Waals surface area contributed by atoms with E-state index in [4.69, 9.17) is 28.6 Å². The number of hydrogen-bond donors (Lipinski definition) is 2. The molecule has 128 valence electrons. The average Bonchev–Trinajstić information content (AvgIpc) is 2.53. The van der Waals surface area contributed by atoms with Crippen LogP contribution in [-0.4, -0.2) is 26.9 Å². The summed E-state index contributed by atoms with van der Waals surface area (Å²) in [5.41, 5.74) is 1.57. The summed E-state index contributed by atoms with van der Waals surface area (Å²) in [7, 11) is -1.62. The molecule has 0 heterocycles. The van der Waals surface area contributed by atoms with Crippen LogP contribution in [0.15, 0.2) is 47.4 Å². The molecule has 8 heteroatoms. The summed E-state index contributed by atoms with van der Waals surface area (Å²) in [6.07, 6.45) is 1.18. The van der Waals surface area contributed by atoms with E-state index in [1.165, 1.54) is 6.26 Å². The van der Waals surface area contributed by atoms with Gasteiger partial charge in [-0.25, -0.2) is 8.42 Å². The first kappa shape index (κ1) is 18.5. The van der Waals surface area contributed by atoms with Crippen LogP contribution in [0.5, 0.6) is 5.75 Å². The highest BCUT2D eigenvalue weighted by Gasteiger charge is 2.08. The number of nitrogens with one attached hydrogen (secondary N) is 2. The third-order valence-electron chi connectivity index (χ3n) is 3.21. The van der Waals surface area contributed by atoms with Gasteiger partial charge in [0.2, 0.25) is 0 Å². The van der Waals surface area contributed by atoms with Gasteiger partial charge in [0, 0.05) is 17.8 Å². The van der Waals surface area contributed by atoms with Crippen molar-refractivity contribution in [1.82, 2.24) is 5.32 Å². The monoisotopic (exact) mass is 384 g/mol. The largest absolute Gasteiger partial charge is 0.495 e. The molecule has 0 fully saturated rings. The molecule has 0 bridgehead atoms. The van der Waals surface area contributed by atoms with Gasteiger partial charge in [0.25, 0.3) is 0 Å². The van der Waals surface area contributed by atoms with E-state index in [0.29, 0.717) is 28.1 Å². The van der Waals surface area contributed by atoms with Crippen LogP contribution in [-0.2, 0) is 16.4 Å². The smallest absolute Gasteiger partial charge is 0.175 e. The van der Waals surface area contributed by atoms with E-state index in [2.05, 4.69) is 10.6 Å². The Kier molecular flexibility index (Phi) is 6.04. The molecule has 0 saturated heterocycles. The molecule has 0 amide bonds. The molecule has 0 saturated carbocycles. The molecule has 0 radical (unpaired) electrons. The minimum absolute atomic E-state index is 0.288. The molecule has 2 N–H and O–H groups in total. The molecule has 0 atom stereocenters. The van der Waals surface area contributed by atoms with Gasteiger partial charge in [-0.05, 0) is 48.1 Å². The van der Waals surface area contributed by atoms with Crippen LogP contribution in [0.2, 0.25) is 5.02 Å². The van der Waals surface area contributed by atoms with Crippen molar-refractivity contribution in [2.75, 3.05) is 18.7 Å². The van der Waals surface area contributed by atoms with Crippen LogP contribution >= 0.6 is 23.8 Å². The molecular weight excluding hydrogens is 368 g/mol. The fraction of sp³-hybridized carbons (Fsp3) is 0.188. The fourth-order valence-electron chi connectivity index (χ4n) is 1.98. The molecule has 2 rings (SSSR count). The van der Waals surface area contributed by atoms with E-state index >= 15 is 0 Å². The molecule has 0 unspecified atom stereocenters. The third-order valence-corrected chi connectivity index (χ3v) is 4.82. The van der Waals surface area contributed by atoms with Gasteiger partial charge in [0.05, 0.1) is 17.7 Å². The Bertz CT molecular complexity index is 837. The Balaban J connectivity index is 1.97. The number of thiocarbonyl (C=S) groups is 1. The van der Waals surface area contributed by atoms with Gasteiger partial charge in [0.15, 0.2) is 14.9 Å². The molecule has 0 spiro atoms. The highest BCUT2D eigenvalue weighted by Crippen LogP contribution is 2.27.